The Balaban J connectivity index is 1.35. The molecule has 2 fully saturated rings. The van der Waals surface area contributed by atoms with Crippen LogP contribution in [0.5, 0.6) is 0 Å². The Bertz CT molecular complexity index is 841. The zero-order chi connectivity index (χ0) is 20.2. The second-order valence-electron chi connectivity index (χ2n) is 7.89. The van der Waals surface area contributed by atoms with Crippen LogP contribution in [0.3, 0.4) is 0 Å². The van der Waals surface area contributed by atoms with Crippen LogP contribution in [0.2, 0.25) is 0 Å². The Kier molecular flexibility index (Phi) is 5.92. The van der Waals surface area contributed by atoms with Crippen molar-refractivity contribution in [3.05, 3.63) is 47.3 Å². The lowest BCUT2D eigenvalue weighted by atomic mass is 10.1. The minimum Gasteiger partial charge on any atom is -0.355 e. The third kappa shape index (κ3) is 4.49. The minimum atomic E-state index is -0.339. The van der Waals surface area contributed by atoms with Crippen molar-refractivity contribution in [3.8, 4) is 0 Å². The lowest BCUT2D eigenvalue weighted by Crippen LogP contribution is -2.49. The molecule has 2 aliphatic rings. The molecule has 154 valence electrons. The van der Waals surface area contributed by atoms with E-state index >= 15 is 0 Å². The highest BCUT2D eigenvalue weighted by Gasteiger charge is 2.24. The van der Waals surface area contributed by atoms with E-state index in [-0.39, 0.29) is 11.7 Å². The van der Waals surface area contributed by atoms with E-state index in [9.17, 15) is 9.18 Å². The maximum absolute atomic E-state index is 13.8. The highest BCUT2D eigenvalue weighted by Crippen LogP contribution is 2.20. The molecule has 2 aromatic rings. The fourth-order valence-corrected chi connectivity index (χ4v) is 4.00. The van der Waals surface area contributed by atoms with Crippen molar-refractivity contribution in [2.45, 2.75) is 32.6 Å². The number of rotatable bonds is 3. The van der Waals surface area contributed by atoms with E-state index < -0.39 is 0 Å². The summed E-state index contributed by atoms with van der Waals surface area (Å²) >= 11 is 0. The summed E-state index contributed by atoms with van der Waals surface area (Å²) in [6, 6.07) is 8.76. The third-order valence-electron chi connectivity index (χ3n) is 5.88. The fraction of sp³-hybridized carbons (Fsp3) is 0.500. The van der Waals surface area contributed by atoms with Crippen LogP contribution in [-0.4, -0.2) is 60.3 Å². The maximum Gasteiger partial charge on any atom is 0.254 e. The van der Waals surface area contributed by atoms with Gasteiger partial charge in [-0.15, -0.1) is 10.2 Å². The molecule has 1 amide bonds. The van der Waals surface area contributed by atoms with Crippen molar-refractivity contribution in [3.63, 3.8) is 0 Å². The molecule has 1 aromatic carbocycles. The number of aryl methyl sites for hydroxylation is 1. The molecular formula is C22H28FN5O. The van der Waals surface area contributed by atoms with Gasteiger partial charge in [-0.2, -0.15) is 0 Å². The van der Waals surface area contributed by atoms with Crippen molar-refractivity contribution in [1.82, 2.24) is 15.1 Å². The van der Waals surface area contributed by atoms with Crippen molar-refractivity contribution >= 4 is 17.5 Å². The lowest BCUT2D eigenvalue weighted by Gasteiger charge is -2.35. The van der Waals surface area contributed by atoms with Gasteiger partial charge in [0.25, 0.3) is 5.91 Å². The smallest absolute Gasteiger partial charge is 0.254 e. The van der Waals surface area contributed by atoms with Gasteiger partial charge in [0.2, 0.25) is 0 Å². The van der Waals surface area contributed by atoms with Gasteiger partial charge in [0.15, 0.2) is 11.6 Å². The summed E-state index contributed by atoms with van der Waals surface area (Å²) < 4.78 is 13.8. The molecule has 6 nitrogen and oxygen atoms in total. The largest absolute Gasteiger partial charge is 0.355 e. The number of anilines is 2. The van der Waals surface area contributed by atoms with Gasteiger partial charge in [-0.05, 0) is 49.6 Å². The molecule has 1 aromatic heterocycles. The summed E-state index contributed by atoms with van der Waals surface area (Å²) in [6.45, 7) is 6.35. The van der Waals surface area contributed by atoms with Gasteiger partial charge in [-0.1, -0.05) is 18.9 Å². The standard InChI is InChI=1S/C22H28FN5O/c1-17-6-7-18(16-19(17)23)22(29)28-14-12-27(13-15-28)21-9-8-20(24-25-21)26-10-4-2-3-5-11-26/h6-9,16H,2-5,10-15H2,1H3. The second-order valence-corrected chi connectivity index (χ2v) is 7.89. The molecule has 2 saturated heterocycles. The van der Waals surface area contributed by atoms with Crippen molar-refractivity contribution in [2.24, 2.45) is 0 Å². The Labute approximate surface area is 171 Å². The molecule has 29 heavy (non-hydrogen) atoms. The van der Waals surface area contributed by atoms with Crippen molar-refractivity contribution in [1.29, 1.82) is 0 Å². The predicted molar refractivity (Wildman–Crippen MR) is 112 cm³/mol. The Hall–Kier alpha value is -2.70. The Morgan fingerprint density at radius 3 is 1.97 bits per heavy atom. The summed E-state index contributed by atoms with van der Waals surface area (Å²) in [5.74, 6) is 1.34. The van der Waals surface area contributed by atoms with Crippen molar-refractivity contribution in [2.75, 3.05) is 49.1 Å². The average molecular weight is 397 g/mol. The first kappa shape index (κ1) is 19.6. The molecule has 2 aliphatic heterocycles. The second kappa shape index (κ2) is 8.76. The quantitative estimate of drug-likeness (QED) is 0.796. The number of amides is 1. The average Bonchev–Trinajstić information content (AvgIpc) is 3.05. The van der Waals surface area contributed by atoms with Crippen LogP contribution < -0.4 is 9.80 Å². The molecule has 0 bridgehead atoms. The van der Waals surface area contributed by atoms with E-state index in [1.54, 1.807) is 24.0 Å². The molecule has 0 saturated carbocycles. The van der Waals surface area contributed by atoms with Crippen LogP contribution in [-0.2, 0) is 0 Å². The molecule has 0 radical (unpaired) electrons. The predicted octanol–water partition coefficient (Wildman–Crippen LogP) is 3.27. The SMILES string of the molecule is Cc1ccc(C(=O)N2CCN(c3ccc(N4CCCCCC4)nn3)CC2)cc1F. The zero-order valence-electron chi connectivity index (χ0n) is 17.0. The van der Waals surface area contributed by atoms with Crippen LogP contribution in [0.1, 0.15) is 41.6 Å². The molecule has 0 aliphatic carbocycles. The van der Waals surface area contributed by atoms with Crippen molar-refractivity contribution < 1.29 is 9.18 Å². The number of hydrogen-bond donors (Lipinski definition) is 0. The number of carbonyl (C=O) groups excluding carboxylic acids is 1. The lowest BCUT2D eigenvalue weighted by molar-refractivity contribution is 0.0746. The Morgan fingerprint density at radius 2 is 1.41 bits per heavy atom. The summed E-state index contributed by atoms with van der Waals surface area (Å²) in [6.07, 6.45) is 5.01. The van der Waals surface area contributed by atoms with E-state index in [0.717, 1.165) is 24.7 Å². The van der Waals surface area contributed by atoms with E-state index in [0.29, 0.717) is 37.3 Å². The van der Waals surface area contributed by atoms with Gasteiger partial charge in [0, 0.05) is 44.8 Å². The van der Waals surface area contributed by atoms with Gasteiger partial charge in [-0.25, -0.2) is 4.39 Å². The normalized spacial score (nSPS) is 17.9. The molecule has 0 spiro atoms. The minimum absolute atomic E-state index is 0.119. The van der Waals surface area contributed by atoms with E-state index in [2.05, 4.69) is 26.1 Å². The van der Waals surface area contributed by atoms with Crippen LogP contribution in [0.4, 0.5) is 16.0 Å². The number of hydrogen-bond acceptors (Lipinski definition) is 5. The third-order valence-corrected chi connectivity index (χ3v) is 5.88. The highest BCUT2D eigenvalue weighted by atomic mass is 19.1. The number of aromatic nitrogens is 2. The summed E-state index contributed by atoms with van der Waals surface area (Å²) in [7, 11) is 0. The van der Waals surface area contributed by atoms with Gasteiger partial charge in [0.05, 0.1) is 0 Å². The summed E-state index contributed by atoms with van der Waals surface area (Å²) in [5.41, 5.74) is 0.955. The summed E-state index contributed by atoms with van der Waals surface area (Å²) in [5, 5.41) is 8.89. The zero-order valence-corrected chi connectivity index (χ0v) is 17.0. The number of piperazine rings is 1. The van der Waals surface area contributed by atoms with Gasteiger partial charge in [-0.3, -0.25) is 4.79 Å². The molecule has 3 heterocycles. The van der Waals surface area contributed by atoms with E-state index in [1.165, 1.54) is 31.7 Å². The van der Waals surface area contributed by atoms with Gasteiger partial charge < -0.3 is 14.7 Å². The van der Waals surface area contributed by atoms with Crippen LogP contribution in [0.25, 0.3) is 0 Å². The molecule has 7 heteroatoms. The molecule has 0 atom stereocenters. The van der Waals surface area contributed by atoms with Crippen LogP contribution in [0.15, 0.2) is 30.3 Å². The number of nitrogens with zero attached hydrogens (tertiary/aromatic N) is 5. The Morgan fingerprint density at radius 1 is 0.828 bits per heavy atom. The van der Waals surface area contributed by atoms with E-state index in [4.69, 9.17) is 0 Å². The molecule has 0 unspecified atom stereocenters. The van der Waals surface area contributed by atoms with Crippen LogP contribution >= 0.6 is 0 Å². The van der Waals surface area contributed by atoms with E-state index in [1.807, 2.05) is 6.07 Å². The topological polar surface area (TPSA) is 52.6 Å². The highest BCUT2D eigenvalue weighted by molar-refractivity contribution is 5.94. The number of carbonyl (C=O) groups is 1. The maximum atomic E-state index is 13.8. The van der Waals surface area contributed by atoms with Gasteiger partial charge >= 0.3 is 0 Å². The first-order chi connectivity index (χ1) is 14.1. The number of benzene rings is 1. The molecule has 0 N–H and O–H groups in total. The number of halogens is 1. The fourth-order valence-electron chi connectivity index (χ4n) is 4.00. The van der Waals surface area contributed by atoms with Gasteiger partial charge in [0.1, 0.15) is 5.82 Å². The molecular weight excluding hydrogens is 369 g/mol. The molecule has 4 rings (SSSR count). The monoisotopic (exact) mass is 397 g/mol. The first-order valence-electron chi connectivity index (χ1n) is 10.5. The first-order valence-corrected chi connectivity index (χ1v) is 10.5. The summed E-state index contributed by atoms with van der Waals surface area (Å²) in [4.78, 5) is 18.9. The van der Waals surface area contributed by atoms with Crippen LogP contribution in [0, 0.1) is 12.7 Å².